The molecule has 1 aromatic heterocycles. The van der Waals surface area contributed by atoms with Crippen molar-refractivity contribution in [2.24, 2.45) is 7.05 Å². The predicted molar refractivity (Wildman–Crippen MR) is 78.2 cm³/mol. The molecule has 0 bridgehead atoms. The molecule has 0 saturated carbocycles. The van der Waals surface area contributed by atoms with Gasteiger partial charge in [0.15, 0.2) is 0 Å². The van der Waals surface area contributed by atoms with Gasteiger partial charge < -0.3 is 9.88 Å². The molecule has 20 heavy (non-hydrogen) atoms. The second kappa shape index (κ2) is 5.79. The van der Waals surface area contributed by atoms with Crippen molar-refractivity contribution in [1.82, 2.24) is 4.57 Å². The molecule has 0 spiro atoms. The van der Waals surface area contributed by atoms with Crippen LogP contribution < -0.4 is 5.32 Å². The fraction of sp³-hybridized carbons (Fsp3) is 0.154. The number of amides is 1. The van der Waals surface area contributed by atoms with Crippen molar-refractivity contribution in [1.29, 1.82) is 0 Å². The highest BCUT2D eigenvalue weighted by atomic mass is 32.2. The molecule has 0 unspecified atom stereocenters. The summed E-state index contributed by atoms with van der Waals surface area (Å²) in [5.41, 5.74) is 0.799. The summed E-state index contributed by atoms with van der Waals surface area (Å²) in [5.74, 6) is -0.376. The highest BCUT2D eigenvalue weighted by molar-refractivity contribution is 7.98. The molecule has 7 heteroatoms. The summed E-state index contributed by atoms with van der Waals surface area (Å²) in [4.78, 5) is 23.3. The molecule has 0 radical (unpaired) electrons. The van der Waals surface area contributed by atoms with Crippen molar-refractivity contribution in [3.05, 3.63) is 52.3 Å². The van der Waals surface area contributed by atoms with E-state index < -0.39 is 4.92 Å². The van der Waals surface area contributed by atoms with Crippen LogP contribution >= 0.6 is 11.8 Å². The van der Waals surface area contributed by atoms with Crippen molar-refractivity contribution in [2.75, 3.05) is 11.6 Å². The van der Waals surface area contributed by atoms with E-state index in [4.69, 9.17) is 0 Å². The molecule has 6 nitrogen and oxygen atoms in total. The zero-order valence-electron chi connectivity index (χ0n) is 11.0. The number of aromatic nitrogens is 1. The van der Waals surface area contributed by atoms with Gasteiger partial charge in [-0.05, 0) is 24.5 Å². The maximum atomic E-state index is 12.1. The first-order chi connectivity index (χ1) is 9.51. The molecule has 0 fully saturated rings. The van der Waals surface area contributed by atoms with Gasteiger partial charge >= 0.3 is 0 Å². The van der Waals surface area contributed by atoms with Crippen molar-refractivity contribution >= 4 is 29.0 Å². The Morgan fingerprint density at radius 1 is 1.40 bits per heavy atom. The zero-order valence-corrected chi connectivity index (χ0v) is 11.8. The van der Waals surface area contributed by atoms with Crippen LogP contribution in [0, 0.1) is 10.1 Å². The van der Waals surface area contributed by atoms with Crippen molar-refractivity contribution in [2.45, 2.75) is 4.90 Å². The Morgan fingerprint density at radius 3 is 2.75 bits per heavy atom. The third-order valence-electron chi connectivity index (χ3n) is 2.76. The highest BCUT2D eigenvalue weighted by Crippen LogP contribution is 2.20. The van der Waals surface area contributed by atoms with Gasteiger partial charge in [0.05, 0.1) is 11.1 Å². The maximum Gasteiger partial charge on any atom is 0.287 e. The van der Waals surface area contributed by atoms with Crippen LogP contribution in [-0.4, -0.2) is 21.7 Å². The summed E-state index contributed by atoms with van der Waals surface area (Å²) in [7, 11) is 1.60. The van der Waals surface area contributed by atoms with Crippen molar-refractivity contribution < 1.29 is 9.72 Å². The van der Waals surface area contributed by atoms with Gasteiger partial charge in [-0.25, -0.2) is 0 Å². The minimum Gasteiger partial charge on any atom is -0.340 e. The maximum absolute atomic E-state index is 12.1. The smallest absolute Gasteiger partial charge is 0.287 e. The fourth-order valence-corrected chi connectivity index (χ4v) is 2.23. The number of benzene rings is 1. The molecule has 0 aliphatic rings. The summed E-state index contributed by atoms with van der Waals surface area (Å²) in [6.07, 6.45) is 3.26. The Balaban J connectivity index is 2.21. The van der Waals surface area contributed by atoms with E-state index >= 15 is 0 Å². The Labute approximate surface area is 119 Å². The van der Waals surface area contributed by atoms with Crippen LogP contribution in [0.3, 0.4) is 0 Å². The Kier molecular flexibility index (Phi) is 4.09. The number of thioether (sulfide) groups is 1. The van der Waals surface area contributed by atoms with E-state index in [9.17, 15) is 14.9 Å². The number of nitro groups is 1. The molecule has 1 heterocycles. The standard InChI is InChI=1S/C13H13N3O3S/c1-15-8-10(16(18)19)7-12(15)13(17)14-9-4-3-5-11(6-9)20-2/h3-8H,1-2H3,(H,14,17). The van der Waals surface area contributed by atoms with Crippen LogP contribution in [0.2, 0.25) is 0 Å². The zero-order chi connectivity index (χ0) is 14.7. The van der Waals surface area contributed by atoms with Gasteiger partial charge in [-0.15, -0.1) is 11.8 Å². The monoisotopic (exact) mass is 291 g/mol. The number of hydrogen-bond donors (Lipinski definition) is 1. The second-order valence-corrected chi connectivity index (χ2v) is 5.02. The lowest BCUT2D eigenvalue weighted by Gasteiger charge is -2.06. The van der Waals surface area contributed by atoms with Gasteiger partial charge in [-0.2, -0.15) is 0 Å². The number of aryl methyl sites for hydroxylation is 1. The molecule has 2 rings (SSSR count). The summed E-state index contributed by atoms with van der Waals surface area (Å²) in [6, 6.07) is 8.66. The van der Waals surface area contributed by atoms with E-state index in [-0.39, 0.29) is 17.3 Å². The number of rotatable bonds is 4. The van der Waals surface area contributed by atoms with E-state index in [2.05, 4.69) is 5.32 Å². The average Bonchev–Trinajstić information content (AvgIpc) is 2.81. The molecule has 1 aromatic carbocycles. The summed E-state index contributed by atoms with van der Waals surface area (Å²) >= 11 is 1.57. The van der Waals surface area contributed by atoms with Crippen LogP contribution in [0.4, 0.5) is 11.4 Å². The molecule has 0 atom stereocenters. The lowest BCUT2D eigenvalue weighted by molar-refractivity contribution is -0.384. The van der Waals surface area contributed by atoms with Crippen LogP contribution in [0.1, 0.15) is 10.5 Å². The lowest BCUT2D eigenvalue weighted by atomic mass is 10.3. The average molecular weight is 291 g/mol. The molecule has 0 saturated heterocycles. The van der Waals surface area contributed by atoms with Gasteiger partial charge in [0.25, 0.3) is 11.6 Å². The third-order valence-corrected chi connectivity index (χ3v) is 3.49. The molecule has 2 aromatic rings. The van der Waals surface area contributed by atoms with E-state index in [1.807, 2.05) is 24.5 Å². The van der Waals surface area contributed by atoms with E-state index in [0.29, 0.717) is 5.69 Å². The molecule has 1 N–H and O–H groups in total. The van der Waals surface area contributed by atoms with E-state index in [0.717, 1.165) is 4.90 Å². The molecule has 0 aliphatic carbocycles. The molecular formula is C13H13N3O3S. The number of carbonyl (C=O) groups is 1. The summed E-state index contributed by atoms with van der Waals surface area (Å²) in [5, 5.41) is 13.4. The van der Waals surface area contributed by atoms with E-state index in [1.165, 1.54) is 16.8 Å². The lowest BCUT2D eigenvalue weighted by Crippen LogP contribution is -2.15. The quantitative estimate of drug-likeness (QED) is 0.534. The minimum absolute atomic E-state index is 0.101. The first kappa shape index (κ1) is 14.1. The van der Waals surface area contributed by atoms with Crippen molar-refractivity contribution in [3.63, 3.8) is 0 Å². The number of nitrogens with one attached hydrogen (secondary N) is 1. The van der Waals surface area contributed by atoms with Crippen LogP contribution in [0.5, 0.6) is 0 Å². The van der Waals surface area contributed by atoms with E-state index in [1.54, 1.807) is 24.9 Å². The Bertz CT molecular complexity index is 667. The number of carbonyl (C=O) groups excluding carboxylic acids is 1. The molecule has 104 valence electrons. The first-order valence-corrected chi connectivity index (χ1v) is 7.00. The van der Waals surface area contributed by atoms with Crippen LogP contribution in [0.15, 0.2) is 41.4 Å². The first-order valence-electron chi connectivity index (χ1n) is 5.77. The topological polar surface area (TPSA) is 77.2 Å². The highest BCUT2D eigenvalue weighted by Gasteiger charge is 2.17. The number of nitrogens with zero attached hydrogens (tertiary/aromatic N) is 2. The van der Waals surface area contributed by atoms with Gasteiger partial charge in [0.2, 0.25) is 0 Å². The fourth-order valence-electron chi connectivity index (χ4n) is 1.77. The summed E-state index contributed by atoms with van der Waals surface area (Å²) < 4.78 is 1.44. The molecule has 0 aliphatic heterocycles. The normalized spacial score (nSPS) is 10.3. The SMILES string of the molecule is CSc1cccc(NC(=O)c2cc([N+](=O)[O-])cn2C)c1. The van der Waals surface area contributed by atoms with Gasteiger partial charge in [-0.1, -0.05) is 6.07 Å². The van der Waals surface area contributed by atoms with Crippen LogP contribution in [-0.2, 0) is 7.05 Å². The second-order valence-electron chi connectivity index (χ2n) is 4.14. The predicted octanol–water partition coefficient (Wildman–Crippen LogP) is 2.91. The third kappa shape index (κ3) is 3.00. The number of hydrogen-bond acceptors (Lipinski definition) is 4. The largest absolute Gasteiger partial charge is 0.340 e. The van der Waals surface area contributed by atoms with Gasteiger partial charge in [-0.3, -0.25) is 14.9 Å². The molecule has 1 amide bonds. The van der Waals surface area contributed by atoms with Gasteiger partial charge in [0.1, 0.15) is 5.69 Å². The van der Waals surface area contributed by atoms with Crippen LogP contribution in [0.25, 0.3) is 0 Å². The Hall–Kier alpha value is -2.28. The minimum atomic E-state index is -0.523. The molecular weight excluding hydrogens is 278 g/mol. The van der Waals surface area contributed by atoms with Gasteiger partial charge in [0, 0.05) is 23.7 Å². The van der Waals surface area contributed by atoms with Crippen molar-refractivity contribution in [3.8, 4) is 0 Å². The summed E-state index contributed by atoms with van der Waals surface area (Å²) in [6.45, 7) is 0. The number of anilines is 1. The Morgan fingerprint density at radius 2 is 2.15 bits per heavy atom.